The minimum absolute atomic E-state index is 0.575. The first kappa shape index (κ1) is 11.8. The summed E-state index contributed by atoms with van der Waals surface area (Å²) < 4.78 is 3.07. The molecule has 3 rings (SSSR count). The van der Waals surface area contributed by atoms with Gasteiger partial charge in [-0.05, 0) is 35.2 Å². The minimum Gasteiger partial charge on any atom is -0.342 e. The van der Waals surface area contributed by atoms with Crippen molar-refractivity contribution in [2.75, 3.05) is 0 Å². The summed E-state index contributed by atoms with van der Waals surface area (Å²) in [4.78, 5) is 1.26. The molecule has 92 valence electrons. The fourth-order valence-electron chi connectivity index (χ4n) is 2.10. The molecule has 2 aromatic heterocycles. The van der Waals surface area contributed by atoms with E-state index in [0.717, 1.165) is 16.4 Å². The molecule has 0 aliphatic carbocycles. The van der Waals surface area contributed by atoms with E-state index in [9.17, 15) is 0 Å². The van der Waals surface area contributed by atoms with Crippen molar-refractivity contribution in [2.24, 2.45) is 5.73 Å². The van der Waals surface area contributed by atoms with Crippen molar-refractivity contribution >= 4 is 33.8 Å². The van der Waals surface area contributed by atoms with E-state index in [4.69, 9.17) is 17.3 Å². The number of hydrogen-bond acceptors (Lipinski definition) is 2. The van der Waals surface area contributed by atoms with Gasteiger partial charge in [-0.2, -0.15) is 0 Å². The molecule has 0 aliphatic heterocycles. The number of nitrogens with two attached hydrogens (primary N) is 1. The van der Waals surface area contributed by atoms with Crippen molar-refractivity contribution in [3.05, 3.63) is 57.4 Å². The zero-order chi connectivity index (χ0) is 12.5. The Morgan fingerprint density at radius 3 is 2.78 bits per heavy atom. The predicted molar refractivity (Wildman–Crippen MR) is 78.3 cm³/mol. The maximum atomic E-state index is 5.96. The maximum absolute atomic E-state index is 5.96. The first-order valence-electron chi connectivity index (χ1n) is 5.78. The van der Waals surface area contributed by atoms with E-state index in [0.29, 0.717) is 6.54 Å². The molecule has 0 aliphatic rings. The van der Waals surface area contributed by atoms with Crippen molar-refractivity contribution in [1.82, 2.24) is 4.57 Å². The second-order valence-electron chi connectivity index (χ2n) is 4.25. The zero-order valence-electron chi connectivity index (χ0n) is 9.77. The minimum atomic E-state index is 0.575. The molecular weight excluding hydrogens is 264 g/mol. The highest BCUT2D eigenvalue weighted by Gasteiger charge is 2.04. The Kier molecular flexibility index (Phi) is 3.12. The van der Waals surface area contributed by atoms with Crippen LogP contribution in [0.2, 0.25) is 4.34 Å². The smallest absolute Gasteiger partial charge is 0.0931 e. The molecule has 2 heterocycles. The van der Waals surface area contributed by atoms with E-state index in [-0.39, 0.29) is 0 Å². The summed E-state index contributed by atoms with van der Waals surface area (Å²) in [6.07, 6.45) is 2.11. The SMILES string of the molecule is NCc1ccc2ccn(Cc3ccc(Cl)s3)c2c1. The van der Waals surface area contributed by atoms with E-state index in [1.165, 1.54) is 15.8 Å². The van der Waals surface area contributed by atoms with Crippen LogP contribution < -0.4 is 5.73 Å². The lowest BCUT2D eigenvalue weighted by atomic mass is 10.1. The van der Waals surface area contributed by atoms with E-state index < -0.39 is 0 Å². The van der Waals surface area contributed by atoms with Gasteiger partial charge in [0.1, 0.15) is 0 Å². The van der Waals surface area contributed by atoms with Crippen molar-refractivity contribution < 1.29 is 0 Å². The summed E-state index contributed by atoms with van der Waals surface area (Å²) in [6, 6.07) is 12.5. The van der Waals surface area contributed by atoms with Gasteiger partial charge in [0.25, 0.3) is 0 Å². The quantitative estimate of drug-likeness (QED) is 0.774. The van der Waals surface area contributed by atoms with E-state index in [2.05, 4.69) is 41.1 Å². The molecule has 0 fully saturated rings. The Hall–Kier alpha value is -1.29. The van der Waals surface area contributed by atoms with Gasteiger partial charge >= 0.3 is 0 Å². The van der Waals surface area contributed by atoms with E-state index in [1.54, 1.807) is 11.3 Å². The summed E-state index contributed by atoms with van der Waals surface area (Å²) in [5, 5.41) is 1.25. The van der Waals surface area contributed by atoms with Crippen molar-refractivity contribution in [2.45, 2.75) is 13.1 Å². The van der Waals surface area contributed by atoms with Gasteiger partial charge in [0.2, 0.25) is 0 Å². The Balaban J connectivity index is 2.01. The van der Waals surface area contributed by atoms with Crippen LogP contribution in [0.4, 0.5) is 0 Å². The van der Waals surface area contributed by atoms with Crippen LogP contribution in [-0.2, 0) is 13.1 Å². The van der Waals surface area contributed by atoms with E-state index >= 15 is 0 Å². The van der Waals surface area contributed by atoms with Crippen molar-refractivity contribution in [1.29, 1.82) is 0 Å². The fraction of sp³-hybridized carbons (Fsp3) is 0.143. The molecule has 0 saturated heterocycles. The average Bonchev–Trinajstić information content (AvgIpc) is 2.96. The summed E-state index contributed by atoms with van der Waals surface area (Å²) in [7, 11) is 0. The van der Waals surface area contributed by atoms with Crippen LogP contribution in [0.1, 0.15) is 10.4 Å². The molecule has 2 N–H and O–H groups in total. The lowest BCUT2D eigenvalue weighted by Crippen LogP contribution is -1.98. The number of benzene rings is 1. The van der Waals surface area contributed by atoms with Gasteiger partial charge in [0, 0.05) is 23.1 Å². The molecule has 3 aromatic rings. The summed E-state index contributed by atoms with van der Waals surface area (Å²) in [6.45, 7) is 1.43. The first-order valence-corrected chi connectivity index (χ1v) is 6.98. The van der Waals surface area contributed by atoms with Gasteiger partial charge in [0.15, 0.2) is 0 Å². The third kappa shape index (κ3) is 2.17. The molecule has 1 aromatic carbocycles. The molecule has 0 unspecified atom stereocenters. The Bertz CT molecular complexity index is 684. The zero-order valence-corrected chi connectivity index (χ0v) is 11.3. The van der Waals surface area contributed by atoms with Crippen LogP contribution in [0.15, 0.2) is 42.6 Å². The highest BCUT2D eigenvalue weighted by atomic mass is 35.5. The fourth-order valence-corrected chi connectivity index (χ4v) is 3.19. The molecule has 2 nitrogen and oxygen atoms in total. The lowest BCUT2D eigenvalue weighted by molar-refractivity contribution is 0.850. The van der Waals surface area contributed by atoms with Crippen molar-refractivity contribution in [3.8, 4) is 0 Å². The molecule has 0 radical (unpaired) electrons. The number of nitrogens with zero attached hydrogens (tertiary/aromatic N) is 1. The molecule has 18 heavy (non-hydrogen) atoms. The number of aromatic nitrogens is 1. The predicted octanol–water partition coefficient (Wildman–Crippen LogP) is 3.86. The van der Waals surface area contributed by atoms with Crippen molar-refractivity contribution in [3.63, 3.8) is 0 Å². The van der Waals surface area contributed by atoms with Crippen LogP contribution >= 0.6 is 22.9 Å². The number of halogens is 1. The highest BCUT2D eigenvalue weighted by Crippen LogP contribution is 2.24. The van der Waals surface area contributed by atoms with Gasteiger partial charge in [-0.3, -0.25) is 0 Å². The van der Waals surface area contributed by atoms with Crippen LogP contribution in [-0.4, -0.2) is 4.57 Å². The second-order valence-corrected chi connectivity index (χ2v) is 6.05. The van der Waals surface area contributed by atoms with Gasteiger partial charge in [0.05, 0.1) is 10.9 Å². The topological polar surface area (TPSA) is 30.9 Å². The maximum Gasteiger partial charge on any atom is 0.0931 e. The molecule has 0 saturated carbocycles. The standard InChI is InChI=1S/C14H13ClN2S/c15-14-4-3-12(18-14)9-17-6-5-11-2-1-10(8-16)7-13(11)17/h1-7H,8-9,16H2. The summed E-state index contributed by atoms with van der Waals surface area (Å²) in [5.41, 5.74) is 8.07. The number of hydrogen-bond donors (Lipinski definition) is 1. The van der Waals surface area contributed by atoms with Gasteiger partial charge < -0.3 is 10.3 Å². The molecule has 4 heteroatoms. The molecule has 0 atom stereocenters. The van der Waals surface area contributed by atoms with Gasteiger partial charge in [-0.25, -0.2) is 0 Å². The first-order chi connectivity index (χ1) is 8.76. The molecule has 0 spiro atoms. The van der Waals surface area contributed by atoms with Gasteiger partial charge in [-0.1, -0.05) is 23.7 Å². The highest BCUT2D eigenvalue weighted by molar-refractivity contribution is 7.16. The van der Waals surface area contributed by atoms with Crippen LogP contribution in [0.3, 0.4) is 0 Å². The monoisotopic (exact) mass is 276 g/mol. The Morgan fingerprint density at radius 1 is 1.17 bits per heavy atom. The van der Waals surface area contributed by atoms with Gasteiger partial charge in [-0.15, -0.1) is 11.3 Å². The average molecular weight is 277 g/mol. The van der Waals surface area contributed by atoms with Crippen LogP contribution in [0, 0.1) is 0 Å². The molecule has 0 amide bonds. The third-order valence-corrected chi connectivity index (χ3v) is 4.24. The summed E-state index contributed by atoms with van der Waals surface area (Å²) >= 11 is 7.58. The Labute approximate surface area is 115 Å². The largest absolute Gasteiger partial charge is 0.342 e. The molecular formula is C14H13ClN2S. The van der Waals surface area contributed by atoms with E-state index in [1.807, 2.05) is 6.07 Å². The lowest BCUT2D eigenvalue weighted by Gasteiger charge is -2.04. The summed E-state index contributed by atoms with van der Waals surface area (Å²) in [5.74, 6) is 0. The molecule has 0 bridgehead atoms. The number of thiophene rings is 1. The number of fused-ring (bicyclic) bond motifs is 1. The third-order valence-electron chi connectivity index (χ3n) is 3.03. The van der Waals surface area contributed by atoms with Crippen LogP contribution in [0.5, 0.6) is 0 Å². The second kappa shape index (κ2) is 4.76. The van der Waals surface area contributed by atoms with Crippen LogP contribution in [0.25, 0.3) is 10.9 Å². The Morgan fingerprint density at radius 2 is 2.06 bits per heavy atom. The number of rotatable bonds is 3. The normalized spacial score (nSPS) is 11.2.